The number of oxazole rings is 1. The van der Waals surface area contributed by atoms with Gasteiger partial charge in [-0.25, -0.2) is 9.78 Å². The Hall–Kier alpha value is -2.38. The van der Waals surface area contributed by atoms with Crippen LogP contribution in [0.3, 0.4) is 0 Å². The van der Waals surface area contributed by atoms with Crippen molar-refractivity contribution in [3.63, 3.8) is 0 Å². The van der Waals surface area contributed by atoms with E-state index in [-0.39, 0.29) is 11.7 Å². The van der Waals surface area contributed by atoms with Crippen molar-refractivity contribution in [3.05, 3.63) is 17.8 Å². The summed E-state index contributed by atoms with van der Waals surface area (Å²) in [7, 11) is 0. The minimum atomic E-state index is -1.38. The average Bonchev–Trinajstić information content (AvgIpc) is 2.63. The minimum Gasteiger partial charge on any atom is -0.480 e. The fourth-order valence-electron chi connectivity index (χ4n) is 1.10. The lowest BCUT2D eigenvalue weighted by Crippen LogP contribution is -2.43. The number of carbonyl (C=O) groups is 3. The first-order valence-electron chi connectivity index (χ1n) is 4.64. The molecule has 1 atom stereocenters. The summed E-state index contributed by atoms with van der Waals surface area (Å²) in [6.45, 7) is 1.54. The lowest BCUT2D eigenvalue weighted by atomic mass is 10.2. The zero-order chi connectivity index (χ0) is 13.0. The quantitative estimate of drug-likeness (QED) is 0.607. The fourth-order valence-corrected chi connectivity index (χ4v) is 1.10. The van der Waals surface area contributed by atoms with Gasteiger partial charge in [0.25, 0.3) is 5.91 Å². The first kappa shape index (κ1) is 12.7. The van der Waals surface area contributed by atoms with Gasteiger partial charge in [0.2, 0.25) is 11.7 Å². The third-order valence-electron chi connectivity index (χ3n) is 1.85. The van der Waals surface area contributed by atoms with Crippen molar-refractivity contribution in [2.45, 2.75) is 19.4 Å². The molecule has 1 rings (SSSR count). The maximum atomic E-state index is 11.5. The third-order valence-corrected chi connectivity index (χ3v) is 1.85. The highest BCUT2D eigenvalue weighted by Crippen LogP contribution is 2.03. The molecule has 0 aromatic carbocycles. The van der Waals surface area contributed by atoms with E-state index in [2.05, 4.69) is 10.3 Å². The molecule has 0 saturated carbocycles. The SMILES string of the molecule is Cc1ncc(C(=O)N[C@@H](CC(N)=O)C(=O)O)o1. The van der Waals surface area contributed by atoms with E-state index in [1.54, 1.807) is 0 Å². The monoisotopic (exact) mass is 241 g/mol. The second-order valence-corrected chi connectivity index (χ2v) is 3.28. The number of carbonyl (C=O) groups excluding carboxylic acids is 2. The summed E-state index contributed by atoms with van der Waals surface area (Å²) >= 11 is 0. The van der Waals surface area contributed by atoms with Gasteiger partial charge in [-0.2, -0.15) is 0 Å². The Morgan fingerprint density at radius 1 is 1.59 bits per heavy atom. The molecule has 0 bridgehead atoms. The molecule has 0 fully saturated rings. The van der Waals surface area contributed by atoms with Gasteiger partial charge in [0.1, 0.15) is 6.04 Å². The highest BCUT2D eigenvalue weighted by atomic mass is 16.4. The van der Waals surface area contributed by atoms with Crippen LogP contribution in [0.15, 0.2) is 10.6 Å². The summed E-state index contributed by atoms with van der Waals surface area (Å²) in [5.74, 6) is -2.80. The Labute approximate surface area is 95.8 Å². The Balaban J connectivity index is 2.70. The van der Waals surface area contributed by atoms with Crippen LogP contribution >= 0.6 is 0 Å². The van der Waals surface area contributed by atoms with Crippen LogP contribution in [0.25, 0.3) is 0 Å². The molecule has 17 heavy (non-hydrogen) atoms. The van der Waals surface area contributed by atoms with Crippen molar-refractivity contribution in [1.29, 1.82) is 0 Å². The third kappa shape index (κ3) is 3.59. The number of primary amides is 1. The van der Waals surface area contributed by atoms with Crippen LogP contribution in [0.1, 0.15) is 22.9 Å². The number of aliphatic carboxylic acids is 1. The number of aryl methyl sites for hydroxylation is 1. The van der Waals surface area contributed by atoms with E-state index in [1.807, 2.05) is 0 Å². The van der Waals surface area contributed by atoms with Crippen molar-refractivity contribution in [2.24, 2.45) is 5.73 Å². The molecule has 1 aromatic heterocycles. The lowest BCUT2D eigenvalue weighted by Gasteiger charge is -2.10. The van der Waals surface area contributed by atoms with Crippen LogP contribution in [-0.4, -0.2) is 33.9 Å². The molecule has 1 heterocycles. The van der Waals surface area contributed by atoms with E-state index in [0.717, 1.165) is 6.20 Å². The van der Waals surface area contributed by atoms with Gasteiger partial charge in [-0.05, 0) is 0 Å². The molecule has 1 aromatic rings. The Morgan fingerprint density at radius 3 is 2.65 bits per heavy atom. The topological polar surface area (TPSA) is 136 Å². The molecule has 92 valence electrons. The molecule has 0 aliphatic heterocycles. The average molecular weight is 241 g/mol. The van der Waals surface area contributed by atoms with E-state index < -0.39 is 30.2 Å². The van der Waals surface area contributed by atoms with Crippen molar-refractivity contribution in [2.75, 3.05) is 0 Å². The largest absolute Gasteiger partial charge is 0.480 e. The summed E-state index contributed by atoms with van der Waals surface area (Å²) in [4.78, 5) is 36.5. The van der Waals surface area contributed by atoms with Gasteiger partial charge in [0.05, 0.1) is 12.6 Å². The number of carboxylic acid groups (broad SMARTS) is 1. The van der Waals surface area contributed by atoms with Gasteiger partial charge in [0, 0.05) is 6.92 Å². The summed E-state index contributed by atoms with van der Waals surface area (Å²) in [6.07, 6.45) is 0.669. The van der Waals surface area contributed by atoms with Crippen molar-refractivity contribution >= 4 is 17.8 Å². The molecule has 0 aliphatic rings. The van der Waals surface area contributed by atoms with Gasteiger partial charge < -0.3 is 20.6 Å². The van der Waals surface area contributed by atoms with E-state index in [0.29, 0.717) is 0 Å². The summed E-state index contributed by atoms with van der Waals surface area (Å²) in [6, 6.07) is -1.38. The predicted molar refractivity (Wildman–Crippen MR) is 53.9 cm³/mol. The lowest BCUT2D eigenvalue weighted by molar-refractivity contribution is -0.140. The summed E-state index contributed by atoms with van der Waals surface area (Å²) in [5, 5.41) is 10.9. The number of nitrogens with one attached hydrogen (secondary N) is 1. The minimum absolute atomic E-state index is 0.127. The number of nitrogens with two attached hydrogens (primary N) is 1. The Bertz CT molecular complexity index is 453. The maximum Gasteiger partial charge on any atom is 0.326 e. The number of aromatic nitrogens is 1. The van der Waals surface area contributed by atoms with Crippen LogP contribution in [0.5, 0.6) is 0 Å². The molecular formula is C9H11N3O5. The van der Waals surface area contributed by atoms with E-state index in [1.165, 1.54) is 6.92 Å². The number of amides is 2. The Morgan fingerprint density at radius 2 is 2.24 bits per heavy atom. The van der Waals surface area contributed by atoms with Gasteiger partial charge in [-0.3, -0.25) is 9.59 Å². The van der Waals surface area contributed by atoms with Crippen LogP contribution in [0.4, 0.5) is 0 Å². The predicted octanol–water partition coefficient (Wildman–Crippen LogP) is -0.959. The number of nitrogens with zero attached hydrogens (tertiary/aromatic N) is 1. The van der Waals surface area contributed by atoms with Crippen molar-refractivity contribution in [1.82, 2.24) is 10.3 Å². The van der Waals surface area contributed by atoms with E-state index in [4.69, 9.17) is 15.3 Å². The molecule has 0 spiro atoms. The van der Waals surface area contributed by atoms with Gasteiger partial charge in [-0.1, -0.05) is 0 Å². The van der Waals surface area contributed by atoms with E-state index >= 15 is 0 Å². The number of hydrogen-bond donors (Lipinski definition) is 3. The number of hydrogen-bond acceptors (Lipinski definition) is 5. The van der Waals surface area contributed by atoms with Crippen LogP contribution in [0, 0.1) is 6.92 Å². The van der Waals surface area contributed by atoms with Gasteiger partial charge >= 0.3 is 5.97 Å². The second-order valence-electron chi connectivity index (χ2n) is 3.28. The van der Waals surface area contributed by atoms with Crippen molar-refractivity contribution in [3.8, 4) is 0 Å². The van der Waals surface area contributed by atoms with E-state index in [9.17, 15) is 14.4 Å². The van der Waals surface area contributed by atoms with Gasteiger partial charge in [-0.15, -0.1) is 0 Å². The normalized spacial score (nSPS) is 11.8. The number of carboxylic acids is 1. The van der Waals surface area contributed by atoms with Crippen LogP contribution in [-0.2, 0) is 9.59 Å². The number of rotatable bonds is 5. The first-order chi connectivity index (χ1) is 7.90. The van der Waals surface area contributed by atoms with Crippen molar-refractivity contribution < 1.29 is 23.9 Å². The Kier molecular flexibility index (Phi) is 3.81. The standard InChI is InChI=1S/C9H11N3O5/c1-4-11-3-6(17-4)8(14)12-5(9(15)16)2-7(10)13/h3,5H,2H2,1H3,(H2,10,13)(H,12,14)(H,15,16)/t5-/m0/s1. The summed E-state index contributed by atoms with van der Waals surface area (Å²) in [5.41, 5.74) is 4.86. The molecule has 0 radical (unpaired) electrons. The van der Waals surface area contributed by atoms with Gasteiger partial charge in [0.15, 0.2) is 5.89 Å². The zero-order valence-electron chi connectivity index (χ0n) is 8.97. The molecule has 8 nitrogen and oxygen atoms in total. The fraction of sp³-hybridized carbons (Fsp3) is 0.333. The first-order valence-corrected chi connectivity index (χ1v) is 4.64. The summed E-state index contributed by atoms with van der Waals surface area (Å²) < 4.78 is 4.90. The molecule has 0 aliphatic carbocycles. The molecule has 2 amide bonds. The molecule has 4 N–H and O–H groups in total. The van der Waals surface area contributed by atoms with Crippen LogP contribution < -0.4 is 11.1 Å². The highest BCUT2D eigenvalue weighted by Gasteiger charge is 2.24. The van der Waals surface area contributed by atoms with Crippen LogP contribution in [0.2, 0.25) is 0 Å². The molecular weight excluding hydrogens is 230 g/mol. The second kappa shape index (κ2) is 5.10. The smallest absolute Gasteiger partial charge is 0.326 e. The highest BCUT2D eigenvalue weighted by molar-refractivity contribution is 5.95. The maximum absolute atomic E-state index is 11.5. The molecule has 0 unspecified atom stereocenters. The zero-order valence-corrected chi connectivity index (χ0v) is 8.97. The molecule has 8 heteroatoms. The molecule has 0 saturated heterocycles.